The maximum absolute atomic E-state index is 3.54. The van der Waals surface area contributed by atoms with E-state index in [4.69, 9.17) is 0 Å². The second kappa shape index (κ2) is 6.38. The van der Waals surface area contributed by atoms with Crippen molar-refractivity contribution in [2.75, 3.05) is 13.1 Å². The van der Waals surface area contributed by atoms with Gasteiger partial charge in [-0.05, 0) is 37.1 Å². The minimum absolute atomic E-state index is 0.668. The van der Waals surface area contributed by atoms with Crippen LogP contribution in [0.5, 0.6) is 0 Å². The molecule has 1 fully saturated rings. The number of halogens is 1. The van der Waals surface area contributed by atoms with Crippen molar-refractivity contribution in [3.05, 3.63) is 34.3 Å². The molecule has 2 rings (SSSR count). The highest BCUT2D eigenvalue weighted by atomic mass is 79.9. The molecule has 0 aliphatic carbocycles. The second-order valence-electron chi connectivity index (χ2n) is 4.41. The fourth-order valence-electron chi connectivity index (χ4n) is 2.14. The molecule has 0 bridgehead atoms. The molecule has 0 saturated carbocycles. The first-order chi connectivity index (χ1) is 7.84. The Morgan fingerprint density at radius 3 is 3.06 bits per heavy atom. The van der Waals surface area contributed by atoms with E-state index in [1.807, 2.05) is 0 Å². The van der Waals surface area contributed by atoms with Crippen molar-refractivity contribution < 1.29 is 0 Å². The Balaban J connectivity index is 1.71. The number of hydrogen-bond donors (Lipinski definition) is 2. The molecule has 0 amide bonds. The zero-order valence-electron chi connectivity index (χ0n) is 9.51. The van der Waals surface area contributed by atoms with Crippen molar-refractivity contribution in [2.45, 2.75) is 31.8 Å². The first kappa shape index (κ1) is 12.1. The van der Waals surface area contributed by atoms with Crippen molar-refractivity contribution in [3.63, 3.8) is 0 Å². The Kier molecular flexibility index (Phi) is 4.82. The summed E-state index contributed by atoms with van der Waals surface area (Å²) < 4.78 is 1.16. The average Bonchev–Trinajstić information content (AvgIpc) is 2.30. The van der Waals surface area contributed by atoms with Crippen LogP contribution in [0.2, 0.25) is 0 Å². The molecule has 0 spiro atoms. The smallest absolute Gasteiger partial charge is 0.0206 e. The van der Waals surface area contributed by atoms with Gasteiger partial charge in [-0.1, -0.05) is 34.5 Å². The Morgan fingerprint density at radius 1 is 1.38 bits per heavy atom. The predicted molar refractivity (Wildman–Crippen MR) is 71.5 cm³/mol. The van der Waals surface area contributed by atoms with Crippen LogP contribution in [-0.4, -0.2) is 19.1 Å². The lowest BCUT2D eigenvalue weighted by Crippen LogP contribution is -2.41. The molecule has 1 aromatic rings. The van der Waals surface area contributed by atoms with E-state index in [-0.39, 0.29) is 0 Å². The highest BCUT2D eigenvalue weighted by Crippen LogP contribution is 2.11. The van der Waals surface area contributed by atoms with Crippen LogP contribution in [0.4, 0.5) is 0 Å². The zero-order valence-corrected chi connectivity index (χ0v) is 11.1. The maximum atomic E-state index is 3.54. The van der Waals surface area contributed by atoms with Crippen LogP contribution in [-0.2, 0) is 6.54 Å². The minimum Gasteiger partial charge on any atom is -0.313 e. The third-order valence-corrected chi connectivity index (χ3v) is 3.51. The molecule has 2 nitrogen and oxygen atoms in total. The molecular formula is C13H19BrN2. The molecule has 3 heteroatoms. The molecule has 1 heterocycles. The van der Waals surface area contributed by atoms with Gasteiger partial charge >= 0.3 is 0 Å². The van der Waals surface area contributed by atoms with Crippen LogP contribution in [0, 0.1) is 0 Å². The third-order valence-electron chi connectivity index (χ3n) is 3.02. The fraction of sp³-hybridized carbons (Fsp3) is 0.538. The summed E-state index contributed by atoms with van der Waals surface area (Å²) in [6.45, 7) is 3.22. The lowest BCUT2D eigenvalue weighted by atomic mass is 10.1. The molecule has 0 aromatic heterocycles. The van der Waals surface area contributed by atoms with E-state index in [1.54, 1.807) is 0 Å². The summed E-state index contributed by atoms with van der Waals surface area (Å²) in [5.41, 5.74) is 1.34. The predicted octanol–water partition coefficient (Wildman–Crippen LogP) is 2.68. The van der Waals surface area contributed by atoms with Crippen molar-refractivity contribution >= 4 is 15.9 Å². The summed E-state index contributed by atoms with van der Waals surface area (Å²) in [5.74, 6) is 0. The molecule has 1 saturated heterocycles. The van der Waals surface area contributed by atoms with Crippen LogP contribution < -0.4 is 10.6 Å². The largest absolute Gasteiger partial charge is 0.313 e. The van der Waals surface area contributed by atoms with Crippen molar-refractivity contribution in [3.8, 4) is 0 Å². The fourth-order valence-corrected chi connectivity index (χ4v) is 2.58. The number of hydrogen-bond acceptors (Lipinski definition) is 2. The van der Waals surface area contributed by atoms with Gasteiger partial charge in [-0.25, -0.2) is 0 Å². The summed E-state index contributed by atoms with van der Waals surface area (Å²) in [6.07, 6.45) is 4.02. The van der Waals surface area contributed by atoms with Gasteiger partial charge in [0, 0.05) is 23.6 Å². The normalized spacial score (nSPS) is 20.9. The van der Waals surface area contributed by atoms with Crippen LogP contribution >= 0.6 is 15.9 Å². The van der Waals surface area contributed by atoms with Gasteiger partial charge in [-0.2, -0.15) is 0 Å². The van der Waals surface area contributed by atoms with Crippen LogP contribution in [0.1, 0.15) is 24.8 Å². The van der Waals surface area contributed by atoms with Crippen molar-refractivity contribution in [1.29, 1.82) is 0 Å². The van der Waals surface area contributed by atoms with Gasteiger partial charge in [-0.3, -0.25) is 0 Å². The quantitative estimate of drug-likeness (QED) is 0.887. The topological polar surface area (TPSA) is 24.1 Å². The molecule has 1 unspecified atom stereocenters. The Hall–Kier alpha value is -0.380. The van der Waals surface area contributed by atoms with Gasteiger partial charge in [0.15, 0.2) is 0 Å². The van der Waals surface area contributed by atoms with Gasteiger partial charge < -0.3 is 10.6 Å². The molecule has 1 aliphatic heterocycles. The van der Waals surface area contributed by atoms with E-state index < -0.39 is 0 Å². The Morgan fingerprint density at radius 2 is 2.31 bits per heavy atom. The van der Waals surface area contributed by atoms with E-state index in [9.17, 15) is 0 Å². The summed E-state index contributed by atoms with van der Waals surface area (Å²) >= 11 is 3.49. The Bertz CT molecular complexity index is 321. The molecule has 16 heavy (non-hydrogen) atoms. The number of benzene rings is 1. The number of nitrogens with one attached hydrogen (secondary N) is 2. The van der Waals surface area contributed by atoms with E-state index in [2.05, 4.69) is 50.8 Å². The van der Waals surface area contributed by atoms with Crippen LogP contribution in [0.15, 0.2) is 28.7 Å². The first-order valence-electron chi connectivity index (χ1n) is 6.03. The van der Waals surface area contributed by atoms with E-state index in [0.717, 1.165) is 17.6 Å². The third kappa shape index (κ3) is 3.89. The summed E-state index contributed by atoms with van der Waals surface area (Å²) in [6, 6.07) is 9.14. The van der Waals surface area contributed by atoms with Crippen LogP contribution in [0.25, 0.3) is 0 Å². The molecule has 0 radical (unpaired) electrons. The monoisotopic (exact) mass is 282 g/mol. The van der Waals surface area contributed by atoms with Crippen LogP contribution in [0.3, 0.4) is 0 Å². The number of rotatable bonds is 4. The highest BCUT2D eigenvalue weighted by molar-refractivity contribution is 9.10. The van der Waals surface area contributed by atoms with Gasteiger partial charge in [0.05, 0.1) is 0 Å². The molecular weight excluding hydrogens is 264 g/mol. The first-order valence-corrected chi connectivity index (χ1v) is 6.82. The van der Waals surface area contributed by atoms with E-state index in [1.165, 1.54) is 31.4 Å². The Labute approximate surface area is 106 Å². The SMILES string of the molecule is Brc1cccc(CNCC2CCCCN2)c1. The maximum Gasteiger partial charge on any atom is 0.0206 e. The molecule has 1 aliphatic rings. The lowest BCUT2D eigenvalue weighted by Gasteiger charge is -2.23. The molecule has 2 N–H and O–H groups in total. The zero-order chi connectivity index (χ0) is 11.2. The molecule has 88 valence electrons. The standard InChI is InChI=1S/C13H19BrN2/c14-12-5-3-4-11(8-12)9-15-10-13-6-1-2-7-16-13/h3-5,8,13,15-16H,1-2,6-7,9-10H2. The molecule has 1 aromatic carbocycles. The second-order valence-corrected chi connectivity index (χ2v) is 5.32. The van der Waals surface area contributed by atoms with E-state index >= 15 is 0 Å². The summed E-state index contributed by atoms with van der Waals surface area (Å²) in [5, 5.41) is 7.06. The average molecular weight is 283 g/mol. The van der Waals surface area contributed by atoms with Crippen molar-refractivity contribution in [2.24, 2.45) is 0 Å². The lowest BCUT2D eigenvalue weighted by molar-refractivity contribution is 0.383. The van der Waals surface area contributed by atoms with Crippen molar-refractivity contribution in [1.82, 2.24) is 10.6 Å². The van der Waals surface area contributed by atoms with E-state index in [0.29, 0.717) is 6.04 Å². The van der Waals surface area contributed by atoms with Gasteiger partial charge in [0.2, 0.25) is 0 Å². The van der Waals surface area contributed by atoms with Gasteiger partial charge in [-0.15, -0.1) is 0 Å². The summed E-state index contributed by atoms with van der Waals surface area (Å²) in [4.78, 5) is 0. The van der Waals surface area contributed by atoms with Gasteiger partial charge in [0.1, 0.15) is 0 Å². The van der Waals surface area contributed by atoms with Gasteiger partial charge in [0.25, 0.3) is 0 Å². The minimum atomic E-state index is 0.668. The molecule has 1 atom stereocenters. The highest BCUT2D eigenvalue weighted by Gasteiger charge is 2.11. The summed E-state index contributed by atoms with van der Waals surface area (Å²) in [7, 11) is 0. The number of piperidine rings is 1.